The number of nitrogens with one attached hydrogen (secondary N) is 1. The van der Waals surface area contributed by atoms with Crippen LogP contribution in [0.3, 0.4) is 0 Å². The molecule has 1 aliphatic rings. The maximum atomic E-state index is 12.2. The van der Waals surface area contributed by atoms with Gasteiger partial charge in [0.05, 0.1) is 6.42 Å². The number of hydrogen-bond donors (Lipinski definition) is 2. The van der Waals surface area contributed by atoms with Crippen LogP contribution in [0.1, 0.15) is 44.1 Å². The predicted molar refractivity (Wildman–Crippen MR) is 83.8 cm³/mol. The minimum Gasteiger partial charge on any atom is -0.481 e. The smallest absolute Gasteiger partial charge is 0.303 e. The molecule has 1 aliphatic carbocycles. The minimum absolute atomic E-state index is 0.0612. The fourth-order valence-electron chi connectivity index (χ4n) is 3.10. The Morgan fingerprint density at radius 1 is 1.19 bits per heavy atom. The molecule has 1 aromatic rings. The van der Waals surface area contributed by atoms with Gasteiger partial charge in [-0.3, -0.25) is 9.59 Å². The quantitative estimate of drug-likeness (QED) is 0.822. The minimum atomic E-state index is -0.810. The highest BCUT2D eigenvalue weighted by molar-refractivity contribution is 9.10. The second-order valence-corrected chi connectivity index (χ2v) is 6.68. The topological polar surface area (TPSA) is 66.4 Å². The number of carboxylic acids is 1. The highest BCUT2D eigenvalue weighted by Crippen LogP contribution is 2.44. The van der Waals surface area contributed by atoms with Gasteiger partial charge in [-0.15, -0.1) is 0 Å². The van der Waals surface area contributed by atoms with Crippen molar-refractivity contribution in [2.24, 2.45) is 5.41 Å². The summed E-state index contributed by atoms with van der Waals surface area (Å²) in [4.78, 5) is 23.2. The first-order valence-electron chi connectivity index (χ1n) is 7.23. The number of halogens is 1. The molecule has 1 aromatic carbocycles. The zero-order valence-electron chi connectivity index (χ0n) is 11.9. The summed E-state index contributed by atoms with van der Waals surface area (Å²) >= 11 is 3.45. The Morgan fingerprint density at radius 2 is 1.86 bits per heavy atom. The fourth-order valence-corrected chi connectivity index (χ4v) is 3.53. The van der Waals surface area contributed by atoms with Gasteiger partial charge in [0.15, 0.2) is 0 Å². The van der Waals surface area contributed by atoms with E-state index in [1.807, 2.05) is 24.3 Å². The van der Waals surface area contributed by atoms with Crippen LogP contribution >= 0.6 is 15.9 Å². The Kier molecular flexibility index (Phi) is 5.39. The Morgan fingerprint density at radius 3 is 2.48 bits per heavy atom. The van der Waals surface area contributed by atoms with E-state index in [0.29, 0.717) is 13.0 Å². The summed E-state index contributed by atoms with van der Waals surface area (Å²) in [5, 5.41) is 12.0. The van der Waals surface area contributed by atoms with Crippen molar-refractivity contribution in [2.45, 2.75) is 45.1 Å². The Hall–Kier alpha value is -1.36. The monoisotopic (exact) mass is 353 g/mol. The predicted octanol–water partition coefficient (Wildman–Crippen LogP) is 3.49. The molecule has 1 saturated carbocycles. The molecular formula is C16H20BrNO3. The maximum absolute atomic E-state index is 12.2. The van der Waals surface area contributed by atoms with Gasteiger partial charge in [0, 0.05) is 17.4 Å². The van der Waals surface area contributed by atoms with Crippen LogP contribution in [-0.2, 0) is 16.1 Å². The molecule has 1 amide bonds. The number of benzene rings is 1. The third kappa shape index (κ3) is 4.56. The maximum Gasteiger partial charge on any atom is 0.303 e. The van der Waals surface area contributed by atoms with E-state index in [4.69, 9.17) is 5.11 Å². The summed E-state index contributed by atoms with van der Waals surface area (Å²) in [7, 11) is 0. The second kappa shape index (κ2) is 7.07. The highest BCUT2D eigenvalue weighted by atomic mass is 79.9. The molecule has 0 radical (unpaired) electrons. The van der Waals surface area contributed by atoms with Gasteiger partial charge >= 0.3 is 5.97 Å². The average molecular weight is 354 g/mol. The van der Waals surface area contributed by atoms with Crippen LogP contribution in [0.2, 0.25) is 0 Å². The summed E-state index contributed by atoms with van der Waals surface area (Å²) in [6, 6.07) is 7.74. The molecule has 0 aromatic heterocycles. The van der Waals surface area contributed by atoms with E-state index < -0.39 is 5.97 Å². The van der Waals surface area contributed by atoms with Gasteiger partial charge in [0.1, 0.15) is 0 Å². The van der Waals surface area contributed by atoms with E-state index in [1.54, 1.807) is 0 Å². The molecule has 0 bridgehead atoms. The van der Waals surface area contributed by atoms with Crippen LogP contribution in [-0.4, -0.2) is 17.0 Å². The van der Waals surface area contributed by atoms with Crippen molar-refractivity contribution in [1.29, 1.82) is 0 Å². The van der Waals surface area contributed by atoms with Crippen molar-refractivity contribution in [3.05, 3.63) is 34.3 Å². The number of amides is 1. The summed E-state index contributed by atoms with van der Waals surface area (Å²) in [6.45, 7) is 0.462. The first kappa shape index (κ1) is 16.0. The second-order valence-electron chi connectivity index (χ2n) is 5.82. The molecule has 0 saturated heterocycles. The lowest BCUT2D eigenvalue weighted by Crippen LogP contribution is -2.31. The van der Waals surface area contributed by atoms with E-state index in [-0.39, 0.29) is 17.7 Å². The molecule has 0 unspecified atom stereocenters. The van der Waals surface area contributed by atoms with Crippen LogP contribution in [0.15, 0.2) is 28.7 Å². The molecule has 21 heavy (non-hydrogen) atoms. The van der Waals surface area contributed by atoms with Crippen molar-refractivity contribution in [2.75, 3.05) is 0 Å². The van der Waals surface area contributed by atoms with E-state index in [0.717, 1.165) is 35.7 Å². The first-order valence-corrected chi connectivity index (χ1v) is 8.02. The molecular weight excluding hydrogens is 334 g/mol. The number of carbonyl (C=O) groups excluding carboxylic acids is 1. The normalized spacial score (nSPS) is 16.6. The van der Waals surface area contributed by atoms with Gasteiger partial charge < -0.3 is 10.4 Å². The van der Waals surface area contributed by atoms with Crippen molar-refractivity contribution < 1.29 is 14.7 Å². The SMILES string of the molecule is O=C(O)CC1(CC(=O)NCc2ccccc2Br)CCCC1. The zero-order chi connectivity index (χ0) is 15.3. The van der Waals surface area contributed by atoms with Gasteiger partial charge in [-0.25, -0.2) is 0 Å². The third-order valence-electron chi connectivity index (χ3n) is 4.16. The third-order valence-corrected chi connectivity index (χ3v) is 4.93. The fraction of sp³-hybridized carbons (Fsp3) is 0.500. The lowest BCUT2D eigenvalue weighted by Gasteiger charge is -2.26. The number of hydrogen-bond acceptors (Lipinski definition) is 2. The van der Waals surface area contributed by atoms with Gasteiger partial charge in [-0.05, 0) is 29.9 Å². The average Bonchev–Trinajstić information content (AvgIpc) is 2.85. The van der Waals surface area contributed by atoms with Gasteiger partial charge in [0.25, 0.3) is 0 Å². The largest absolute Gasteiger partial charge is 0.481 e. The van der Waals surface area contributed by atoms with Crippen molar-refractivity contribution >= 4 is 27.8 Å². The Balaban J connectivity index is 1.91. The van der Waals surface area contributed by atoms with Crippen molar-refractivity contribution in [3.63, 3.8) is 0 Å². The zero-order valence-corrected chi connectivity index (χ0v) is 13.5. The molecule has 2 rings (SSSR count). The van der Waals surface area contributed by atoms with Crippen LogP contribution in [0, 0.1) is 5.41 Å². The first-order chi connectivity index (χ1) is 10.0. The van der Waals surface area contributed by atoms with Gasteiger partial charge in [-0.1, -0.05) is 47.0 Å². The Labute approximate surface area is 133 Å². The van der Waals surface area contributed by atoms with Crippen LogP contribution < -0.4 is 5.32 Å². The van der Waals surface area contributed by atoms with Crippen LogP contribution in [0.4, 0.5) is 0 Å². The Bertz CT molecular complexity index is 524. The highest BCUT2D eigenvalue weighted by Gasteiger charge is 2.37. The molecule has 0 atom stereocenters. The van der Waals surface area contributed by atoms with Crippen molar-refractivity contribution in [1.82, 2.24) is 5.32 Å². The summed E-state index contributed by atoms with van der Waals surface area (Å²) in [5.74, 6) is -0.871. The number of carbonyl (C=O) groups is 2. The molecule has 2 N–H and O–H groups in total. The molecule has 1 fully saturated rings. The summed E-state index contributed by atoms with van der Waals surface area (Å²) < 4.78 is 0.964. The number of aliphatic carboxylic acids is 1. The molecule has 0 spiro atoms. The standard InChI is InChI=1S/C16H20BrNO3/c17-13-6-2-1-5-12(13)11-18-14(19)9-16(10-15(20)21)7-3-4-8-16/h1-2,5-6H,3-4,7-11H2,(H,18,19)(H,20,21). The number of rotatable bonds is 6. The molecule has 5 heteroatoms. The van der Waals surface area contributed by atoms with Crippen molar-refractivity contribution in [3.8, 4) is 0 Å². The summed E-state index contributed by atoms with van der Waals surface area (Å²) in [5.41, 5.74) is 0.675. The molecule has 0 aliphatic heterocycles. The van der Waals surface area contributed by atoms with Gasteiger partial charge in [-0.2, -0.15) is 0 Å². The van der Waals surface area contributed by atoms with E-state index in [9.17, 15) is 9.59 Å². The number of carboxylic acid groups (broad SMARTS) is 1. The lowest BCUT2D eigenvalue weighted by atomic mass is 9.79. The van der Waals surface area contributed by atoms with E-state index >= 15 is 0 Å². The van der Waals surface area contributed by atoms with Crippen LogP contribution in [0.25, 0.3) is 0 Å². The van der Waals surface area contributed by atoms with Gasteiger partial charge in [0.2, 0.25) is 5.91 Å². The van der Waals surface area contributed by atoms with E-state index in [2.05, 4.69) is 21.2 Å². The summed E-state index contributed by atoms with van der Waals surface area (Å²) in [6.07, 6.45) is 4.11. The van der Waals surface area contributed by atoms with E-state index in [1.165, 1.54) is 0 Å². The lowest BCUT2D eigenvalue weighted by molar-refractivity contribution is -0.140. The molecule has 114 valence electrons. The molecule has 4 nitrogen and oxygen atoms in total. The van der Waals surface area contributed by atoms with Crippen LogP contribution in [0.5, 0.6) is 0 Å². The molecule has 0 heterocycles.